The van der Waals surface area contributed by atoms with Gasteiger partial charge in [0, 0.05) is 5.92 Å². The summed E-state index contributed by atoms with van der Waals surface area (Å²) in [6.45, 7) is 0. The van der Waals surface area contributed by atoms with E-state index in [-0.39, 0.29) is 6.04 Å². The second kappa shape index (κ2) is 3.72. The van der Waals surface area contributed by atoms with Gasteiger partial charge in [0.1, 0.15) is 6.04 Å². The van der Waals surface area contributed by atoms with Crippen molar-refractivity contribution < 1.29 is 4.42 Å². The SMILES string of the molecule is NC(c1ccccc1)c1nnc(C2CC2)o1. The molecule has 2 aromatic rings. The number of rotatable bonds is 3. The summed E-state index contributed by atoms with van der Waals surface area (Å²) in [5.74, 6) is 1.72. The van der Waals surface area contributed by atoms with Crippen LogP contribution in [0.1, 0.15) is 42.1 Å². The van der Waals surface area contributed by atoms with E-state index in [0.717, 1.165) is 24.3 Å². The number of hydrogen-bond acceptors (Lipinski definition) is 4. The van der Waals surface area contributed by atoms with E-state index in [4.69, 9.17) is 10.2 Å². The van der Waals surface area contributed by atoms with Crippen molar-refractivity contribution in [3.63, 3.8) is 0 Å². The predicted octanol–water partition coefficient (Wildman–Crippen LogP) is 2.00. The van der Waals surface area contributed by atoms with Gasteiger partial charge in [0.05, 0.1) is 0 Å². The second-order valence-corrected chi connectivity index (χ2v) is 4.14. The monoisotopic (exact) mass is 215 g/mol. The lowest BCUT2D eigenvalue weighted by atomic mass is 10.1. The highest BCUT2D eigenvalue weighted by Gasteiger charge is 2.30. The van der Waals surface area contributed by atoms with Gasteiger partial charge in [-0.2, -0.15) is 0 Å². The fraction of sp³-hybridized carbons (Fsp3) is 0.333. The summed E-state index contributed by atoms with van der Waals surface area (Å²) >= 11 is 0. The van der Waals surface area contributed by atoms with Crippen molar-refractivity contribution >= 4 is 0 Å². The Morgan fingerprint density at radius 3 is 2.62 bits per heavy atom. The maximum absolute atomic E-state index is 6.05. The molecule has 1 atom stereocenters. The zero-order valence-corrected chi connectivity index (χ0v) is 8.84. The molecule has 1 heterocycles. The molecule has 1 unspecified atom stereocenters. The van der Waals surface area contributed by atoms with Crippen LogP contribution in [-0.2, 0) is 0 Å². The molecular weight excluding hydrogens is 202 g/mol. The lowest BCUT2D eigenvalue weighted by Crippen LogP contribution is -2.11. The van der Waals surface area contributed by atoms with Gasteiger partial charge in [-0.3, -0.25) is 0 Å². The summed E-state index contributed by atoms with van der Waals surface area (Å²) in [5, 5.41) is 8.04. The minimum atomic E-state index is -0.318. The first kappa shape index (κ1) is 9.54. The fourth-order valence-corrected chi connectivity index (χ4v) is 1.67. The minimum absolute atomic E-state index is 0.318. The molecule has 0 amide bonds. The van der Waals surface area contributed by atoms with Crippen molar-refractivity contribution in [1.29, 1.82) is 0 Å². The molecule has 0 bridgehead atoms. The maximum Gasteiger partial charge on any atom is 0.237 e. The summed E-state index contributed by atoms with van der Waals surface area (Å²) in [5.41, 5.74) is 7.05. The average Bonchev–Trinajstić information content (AvgIpc) is 3.08. The van der Waals surface area contributed by atoms with Crippen LogP contribution in [0.2, 0.25) is 0 Å². The Labute approximate surface area is 93.5 Å². The van der Waals surface area contributed by atoms with Gasteiger partial charge in [0.25, 0.3) is 0 Å². The summed E-state index contributed by atoms with van der Waals surface area (Å²) in [7, 11) is 0. The van der Waals surface area contributed by atoms with Crippen LogP contribution in [0.4, 0.5) is 0 Å². The molecule has 1 aromatic heterocycles. The van der Waals surface area contributed by atoms with Crippen molar-refractivity contribution in [2.24, 2.45) is 5.73 Å². The third-order valence-electron chi connectivity index (χ3n) is 2.81. The van der Waals surface area contributed by atoms with Gasteiger partial charge in [-0.1, -0.05) is 30.3 Å². The lowest BCUT2D eigenvalue weighted by molar-refractivity contribution is 0.435. The molecule has 2 N–H and O–H groups in total. The zero-order valence-electron chi connectivity index (χ0n) is 8.84. The van der Waals surface area contributed by atoms with E-state index in [2.05, 4.69) is 10.2 Å². The minimum Gasteiger partial charge on any atom is -0.423 e. The van der Waals surface area contributed by atoms with Crippen molar-refractivity contribution in [1.82, 2.24) is 10.2 Å². The van der Waals surface area contributed by atoms with E-state index in [1.54, 1.807) is 0 Å². The third-order valence-corrected chi connectivity index (χ3v) is 2.81. The number of benzene rings is 1. The van der Waals surface area contributed by atoms with E-state index in [9.17, 15) is 0 Å². The summed E-state index contributed by atoms with van der Waals surface area (Å²) in [6.07, 6.45) is 2.31. The van der Waals surface area contributed by atoms with Gasteiger partial charge in [-0.15, -0.1) is 10.2 Å². The highest BCUT2D eigenvalue weighted by molar-refractivity contribution is 5.23. The van der Waals surface area contributed by atoms with E-state index < -0.39 is 0 Å². The Kier molecular flexibility index (Phi) is 2.22. The van der Waals surface area contributed by atoms with Gasteiger partial charge in [0.2, 0.25) is 11.8 Å². The standard InChI is InChI=1S/C12H13N3O/c13-10(8-4-2-1-3-5-8)12-15-14-11(16-12)9-6-7-9/h1-5,9-10H,6-7,13H2. The first-order chi connectivity index (χ1) is 7.84. The molecular formula is C12H13N3O. The molecule has 1 aliphatic rings. The molecule has 0 radical (unpaired) electrons. The number of nitrogens with zero attached hydrogens (tertiary/aromatic N) is 2. The Morgan fingerprint density at radius 1 is 1.19 bits per heavy atom. The van der Waals surface area contributed by atoms with Gasteiger partial charge in [-0.05, 0) is 18.4 Å². The predicted molar refractivity (Wildman–Crippen MR) is 58.7 cm³/mol. The van der Waals surface area contributed by atoms with E-state index in [1.165, 1.54) is 0 Å². The van der Waals surface area contributed by atoms with Crippen LogP contribution in [0.5, 0.6) is 0 Å². The average molecular weight is 215 g/mol. The molecule has 82 valence electrons. The molecule has 1 fully saturated rings. The first-order valence-electron chi connectivity index (χ1n) is 5.48. The van der Waals surface area contributed by atoms with Crippen molar-refractivity contribution in [2.75, 3.05) is 0 Å². The van der Waals surface area contributed by atoms with E-state index in [0.29, 0.717) is 11.8 Å². The van der Waals surface area contributed by atoms with Crippen LogP contribution in [0.3, 0.4) is 0 Å². The zero-order chi connectivity index (χ0) is 11.0. The summed E-state index contributed by atoms with van der Waals surface area (Å²) in [4.78, 5) is 0. The van der Waals surface area contributed by atoms with Gasteiger partial charge >= 0.3 is 0 Å². The Balaban J connectivity index is 1.85. The maximum atomic E-state index is 6.05. The number of nitrogens with two attached hydrogens (primary N) is 1. The lowest BCUT2D eigenvalue weighted by Gasteiger charge is -2.05. The van der Waals surface area contributed by atoms with Crippen LogP contribution in [0.15, 0.2) is 34.7 Å². The molecule has 0 saturated heterocycles. The Hall–Kier alpha value is -1.68. The summed E-state index contributed by atoms with van der Waals surface area (Å²) in [6, 6.07) is 9.47. The van der Waals surface area contributed by atoms with Gasteiger partial charge < -0.3 is 10.2 Å². The number of aromatic nitrogens is 2. The van der Waals surface area contributed by atoms with Gasteiger partial charge in [-0.25, -0.2) is 0 Å². The van der Waals surface area contributed by atoms with Crippen LogP contribution in [0, 0.1) is 0 Å². The Bertz CT molecular complexity index is 476. The molecule has 1 aromatic carbocycles. The van der Waals surface area contributed by atoms with Crippen molar-refractivity contribution in [2.45, 2.75) is 24.8 Å². The van der Waals surface area contributed by atoms with Crippen LogP contribution in [0.25, 0.3) is 0 Å². The van der Waals surface area contributed by atoms with E-state index >= 15 is 0 Å². The molecule has 0 spiro atoms. The van der Waals surface area contributed by atoms with Crippen LogP contribution in [-0.4, -0.2) is 10.2 Å². The molecule has 0 aliphatic heterocycles. The molecule has 16 heavy (non-hydrogen) atoms. The largest absolute Gasteiger partial charge is 0.423 e. The second-order valence-electron chi connectivity index (χ2n) is 4.14. The Morgan fingerprint density at radius 2 is 1.94 bits per heavy atom. The number of hydrogen-bond donors (Lipinski definition) is 1. The quantitative estimate of drug-likeness (QED) is 0.850. The van der Waals surface area contributed by atoms with Gasteiger partial charge in [0.15, 0.2) is 0 Å². The smallest absolute Gasteiger partial charge is 0.237 e. The molecule has 4 nitrogen and oxygen atoms in total. The highest BCUT2D eigenvalue weighted by Crippen LogP contribution is 2.39. The van der Waals surface area contributed by atoms with Crippen molar-refractivity contribution in [3.8, 4) is 0 Å². The topological polar surface area (TPSA) is 64.9 Å². The molecule has 1 saturated carbocycles. The molecule has 1 aliphatic carbocycles. The fourth-order valence-electron chi connectivity index (χ4n) is 1.67. The van der Waals surface area contributed by atoms with Crippen LogP contribution < -0.4 is 5.73 Å². The third kappa shape index (κ3) is 1.72. The summed E-state index contributed by atoms with van der Waals surface area (Å²) < 4.78 is 5.58. The van der Waals surface area contributed by atoms with Crippen LogP contribution >= 0.6 is 0 Å². The normalized spacial score (nSPS) is 17.3. The highest BCUT2D eigenvalue weighted by atomic mass is 16.4. The molecule has 3 rings (SSSR count). The first-order valence-corrected chi connectivity index (χ1v) is 5.48. The molecule has 4 heteroatoms. The van der Waals surface area contributed by atoms with Crippen molar-refractivity contribution in [3.05, 3.63) is 47.7 Å². The van der Waals surface area contributed by atoms with E-state index in [1.807, 2.05) is 30.3 Å².